The van der Waals surface area contributed by atoms with Crippen molar-refractivity contribution in [2.45, 2.75) is 64.0 Å². The number of likely N-dealkylation sites (tertiary alicyclic amines) is 1. The van der Waals surface area contributed by atoms with Gasteiger partial charge in [0.2, 0.25) is 5.91 Å². The summed E-state index contributed by atoms with van der Waals surface area (Å²) in [5, 5.41) is 8.34. The topological polar surface area (TPSA) is 50.2 Å². The van der Waals surface area contributed by atoms with Crippen LogP contribution in [-0.2, 0) is 11.8 Å². The minimum absolute atomic E-state index is 0.154. The van der Waals surface area contributed by atoms with Gasteiger partial charge in [-0.2, -0.15) is 5.10 Å². The van der Waals surface area contributed by atoms with Crippen LogP contribution in [0.2, 0.25) is 5.15 Å². The molecule has 1 N–H and O–H groups in total. The highest BCUT2D eigenvalue weighted by Gasteiger charge is 2.32. The Morgan fingerprint density at radius 2 is 2.00 bits per heavy atom. The van der Waals surface area contributed by atoms with Crippen LogP contribution in [0.25, 0.3) is 0 Å². The van der Waals surface area contributed by atoms with E-state index in [0.29, 0.717) is 17.7 Å². The van der Waals surface area contributed by atoms with Gasteiger partial charge in [0.1, 0.15) is 5.15 Å². The SMILES string of the molecule is Cc1nn(C)c(Cl)c1[C@H]1CCCN1CC(=O)NC1CCCCC1. The molecule has 1 aliphatic carbocycles. The summed E-state index contributed by atoms with van der Waals surface area (Å²) in [6, 6.07) is 0.592. The molecule has 0 unspecified atom stereocenters. The molecule has 2 fully saturated rings. The molecule has 2 heterocycles. The molecule has 0 bridgehead atoms. The van der Waals surface area contributed by atoms with Crippen molar-refractivity contribution in [2.24, 2.45) is 7.05 Å². The molecule has 1 aliphatic heterocycles. The minimum Gasteiger partial charge on any atom is -0.352 e. The highest BCUT2D eigenvalue weighted by Crippen LogP contribution is 2.37. The molecule has 0 radical (unpaired) electrons. The van der Waals surface area contributed by atoms with Crippen molar-refractivity contribution in [3.63, 3.8) is 0 Å². The Kier molecular flexibility index (Phi) is 5.27. The second-order valence-electron chi connectivity index (χ2n) is 6.94. The van der Waals surface area contributed by atoms with Crippen LogP contribution < -0.4 is 5.32 Å². The monoisotopic (exact) mass is 338 g/mol. The molecule has 1 aromatic rings. The Bertz CT molecular complexity index is 565. The number of rotatable bonds is 4. The summed E-state index contributed by atoms with van der Waals surface area (Å²) in [5.74, 6) is 0.154. The Labute approximate surface area is 143 Å². The summed E-state index contributed by atoms with van der Waals surface area (Å²) >= 11 is 6.42. The number of amides is 1. The zero-order valence-electron chi connectivity index (χ0n) is 14.1. The second-order valence-corrected chi connectivity index (χ2v) is 7.30. The summed E-state index contributed by atoms with van der Waals surface area (Å²) in [4.78, 5) is 14.7. The molecule has 1 aromatic heterocycles. The molecule has 5 nitrogen and oxygen atoms in total. The third-order valence-corrected chi connectivity index (χ3v) is 5.66. The second kappa shape index (κ2) is 7.22. The van der Waals surface area contributed by atoms with Gasteiger partial charge >= 0.3 is 0 Å². The zero-order chi connectivity index (χ0) is 16.4. The number of aromatic nitrogens is 2. The number of carbonyl (C=O) groups is 1. The van der Waals surface area contributed by atoms with Gasteiger partial charge in [-0.1, -0.05) is 30.9 Å². The van der Waals surface area contributed by atoms with Gasteiger partial charge in [-0.3, -0.25) is 14.4 Å². The number of hydrogen-bond donors (Lipinski definition) is 1. The van der Waals surface area contributed by atoms with E-state index in [9.17, 15) is 4.79 Å². The third-order valence-electron chi connectivity index (χ3n) is 5.21. The standard InChI is InChI=1S/C17H27ClN4O/c1-12-16(17(18)21(2)20-12)14-9-6-10-22(14)11-15(23)19-13-7-4-3-5-8-13/h13-14H,3-11H2,1-2H3,(H,19,23)/t14-/m1/s1. The Morgan fingerprint density at radius 1 is 1.26 bits per heavy atom. The van der Waals surface area contributed by atoms with Crippen LogP contribution in [0.4, 0.5) is 0 Å². The average molecular weight is 339 g/mol. The van der Waals surface area contributed by atoms with Gasteiger partial charge in [-0.25, -0.2) is 0 Å². The lowest BCUT2D eigenvalue weighted by atomic mass is 9.95. The fourth-order valence-corrected chi connectivity index (χ4v) is 4.37. The summed E-state index contributed by atoms with van der Waals surface area (Å²) in [6.45, 7) is 3.42. The summed E-state index contributed by atoms with van der Waals surface area (Å²) < 4.78 is 1.73. The molecule has 1 saturated carbocycles. The molecular weight excluding hydrogens is 312 g/mol. The summed E-state index contributed by atoms with van der Waals surface area (Å²) in [5.41, 5.74) is 2.07. The van der Waals surface area contributed by atoms with Crippen LogP contribution in [0.3, 0.4) is 0 Å². The number of nitrogens with zero attached hydrogens (tertiary/aromatic N) is 3. The predicted octanol–water partition coefficient (Wildman–Crippen LogP) is 2.97. The van der Waals surface area contributed by atoms with Crippen molar-refractivity contribution in [1.29, 1.82) is 0 Å². The first-order valence-electron chi connectivity index (χ1n) is 8.78. The molecule has 1 saturated heterocycles. The Balaban J connectivity index is 1.63. The van der Waals surface area contributed by atoms with E-state index < -0.39 is 0 Å². The average Bonchev–Trinajstić information content (AvgIpc) is 3.05. The van der Waals surface area contributed by atoms with Gasteiger partial charge in [0.15, 0.2) is 0 Å². The van der Waals surface area contributed by atoms with E-state index in [0.717, 1.165) is 43.5 Å². The van der Waals surface area contributed by atoms with Gasteiger partial charge in [0, 0.05) is 24.7 Å². The van der Waals surface area contributed by atoms with Crippen LogP contribution in [0.15, 0.2) is 0 Å². The first-order chi connectivity index (χ1) is 11.1. The van der Waals surface area contributed by atoms with Crippen molar-refractivity contribution in [3.8, 4) is 0 Å². The highest BCUT2D eigenvalue weighted by atomic mass is 35.5. The first kappa shape index (κ1) is 16.8. The van der Waals surface area contributed by atoms with Gasteiger partial charge in [0.05, 0.1) is 12.2 Å². The fraction of sp³-hybridized carbons (Fsp3) is 0.765. The van der Waals surface area contributed by atoms with Crippen molar-refractivity contribution in [2.75, 3.05) is 13.1 Å². The van der Waals surface area contributed by atoms with E-state index >= 15 is 0 Å². The smallest absolute Gasteiger partial charge is 0.234 e. The van der Waals surface area contributed by atoms with E-state index in [1.807, 2.05) is 14.0 Å². The van der Waals surface area contributed by atoms with Gasteiger partial charge < -0.3 is 5.32 Å². The van der Waals surface area contributed by atoms with Crippen LogP contribution in [0.5, 0.6) is 0 Å². The number of carbonyl (C=O) groups excluding carboxylic acids is 1. The molecule has 128 valence electrons. The van der Waals surface area contributed by atoms with E-state index in [-0.39, 0.29) is 11.9 Å². The maximum absolute atomic E-state index is 12.4. The lowest BCUT2D eigenvalue weighted by molar-refractivity contribution is -0.123. The minimum atomic E-state index is 0.154. The maximum atomic E-state index is 12.4. The zero-order valence-corrected chi connectivity index (χ0v) is 14.9. The van der Waals surface area contributed by atoms with Crippen molar-refractivity contribution >= 4 is 17.5 Å². The van der Waals surface area contributed by atoms with Gasteiger partial charge in [-0.15, -0.1) is 0 Å². The number of nitrogens with one attached hydrogen (secondary N) is 1. The summed E-state index contributed by atoms with van der Waals surface area (Å²) in [6.07, 6.45) is 8.18. The normalized spacial score (nSPS) is 23.3. The van der Waals surface area contributed by atoms with Crippen molar-refractivity contribution in [1.82, 2.24) is 20.0 Å². The molecule has 1 atom stereocenters. The molecule has 1 amide bonds. The molecule has 2 aliphatic rings. The number of halogens is 1. The third kappa shape index (κ3) is 3.72. The molecule has 3 rings (SSSR count). The fourth-order valence-electron chi connectivity index (χ4n) is 4.07. The van der Waals surface area contributed by atoms with E-state index in [1.54, 1.807) is 4.68 Å². The maximum Gasteiger partial charge on any atom is 0.234 e. The quantitative estimate of drug-likeness (QED) is 0.918. The van der Waals surface area contributed by atoms with Gasteiger partial charge in [-0.05, 0) is 39.2 Å². The highest BCUT2D eigenvalue weighted by molar-refractivity contribution is 6.30. The lowest BCUT2D eigenvalue weighted by Gasteiger charge is -2.27. The molecule has 0 spiro atoms. The Morgan fingerprint density at radius 3 is 2.65 bits per heavy atom. The largest absolute Gasteiger partial charge is 0.352 e. The molecule has 23 heavy (non-hydrogen) atoms. The van der Waals surface area contributed by atoms with E-state index in [1.165, 1.54) is 19.3 Å². The summed E-state index contributed by atoms with van der Waals surface area (Å²) in [7, 11) is 1.87. The number of hydrogen-bond acceptors (Lipinski definition) is 3. The van der Waals surface area contributed by atoms with Crippen LogP contribution in [0.1, 0.15) is 62.2 Å². The van der Waals surface area contributed by atoms with Crippen molar-refractivity contribution < 1.29 is 4.79 Å². The van der Waals surface area contributed by atoms with Crippen molar-refractivity contribution in [3.05, 3.63) is 16.4 Å². The molecule has 0 aromatic carbocycles. The van der Waals surface area contributed by atoms with E-state index in [2.05, 4.69) is 15.3 Å². The first-order valence-corrected chi connectivity index (χ1v) is 9.16. The van der Waals surface area contributed by atoms with Gasteiger partial charge in [0.25, 0.3) is 0 Å². The molecular formula is C17H27ClN4O. The van der Waals surface area contributed by atoms with Crippen LogP contribution >= 0.6 is 11.6 Å². The van der Waals surface area contributed by atoms with Crippen LogP contribution in [0, 0.1) is 6.92 Å². The lowest BCUT2D eigenvalue weighted by Crippen LogP contribution is -2.42. The van der Waals surface area contributed by atoms with Crippen LogP contribution in [-0.4, -0.2) is 39.7 Å². The predicted molar refractivity (Wildman–Crippen MR) is 91.5 cm³/mol. The Hall–Kier alpha value is -1.07. The van der Waals surface area contributed by atoms with E-state index in [4.69, 9.17) is 11.6 Å². The molecule has 6 heteroatoms. The number of aryl methyl sites for hydroxylation is 2.